The minimum Gasteiger partial charge on any atom is -0.493 e. The van der Waals surface area contributed by atoms with Crippen molar-refractivity contribution in [2.45, 2.75) is 115 Å². The summed E-state index contributed by atoms with van der Waals surface area (Å²) in [5.41, 5.74) is 1.68. The lowest BCUT2D eigenvalue weighted by Crippen LogP contribution is -1.99. The Balaban J connectivity index is 1.59. The largest absolute Gasteiger partial charge is 0.493 e. The quantitative estimate of drug-likeness (QED) is 0.0665. The first-order chi connectivity index (χ1) is 18.2. The SMILES string of the molecule is CCCCCCCCCCCCCCCCOc1ccccc1/C=C/C(=O)c1ccc(SCCC)cc1. The molecule has 0 bridgehead atoms. The molecule has 0 fully saturated rings. The van der Waals surface area contributed by atoms with E-state index in [1.807, 2.05) is 66.4 Å². The van der Waals surface area contributed by atoms with Crippen LogP contribution in [-0.2, 0) is 0 Å². The number of ether oxygens (including phenoxy) is 1. The number of thioether (sulfide) groups is 1. The molecule has 204 valence electrons. The Morgan fingerprint density at radius 1 is 0.703 bits per heavy atom. The summed E-state index contributed by atoms with van der Waals surface area (Å²) in [6.07, 6.45) is 23.7. The van der Waals surface area contributed by atoms with E-state index in [4.69, 9.17) is 4.74 Å². The summed E-state index contributed by atoms with van der Waals surface area (Å²) in [5, 5.41) is 0. The maximum atomic E-state index is 12.6. The van der Waals surface area contributed by atoms with Gasteiger partial charge in [-0.15, -0.1) is 11.8 Å². The van der Waals surface area contributed by atoms with Gasteiger partial charge in [0.15, 0.2) is 5.78 Å². The third-order valence-corrected chi connectivity index (χ3v) is 7.92. The molecule has 0 aliphatic rings. The lowest BCUT2D eigenvalue weighted by atomic mass is 10.0. The van der Waals surface area contributed by atoms with E-state index in [9.17, 15) is 4.79 Å². The molecule has 0 atom stereocenters. The summed E-state index contributed by atoms with van der Waals surface area (Å²) in [7, 11) is 0. The van der Waals surface area contributed by atoms with Crippen LogP contribution in [0, 0.1) is 0 Å². The van der Waals surface area contributed by atoms with Gasteiger partial charge in [0, 0.05) is 16.0 Å². The minimum atomic E-state index is 0.0221. The van der Waals surface area contributed by atoms with Gasteiger partial charge in [-0.1, -0.05) is 116 Å². The number of unbranched alkanes of at least 4 members (excludes halogenated alkanes) is 13. The zero-order valence-electron chi connectivity index (χ0n) is 23.5. The molecule has 0 aromatic heterocycles. The van der Waals surface area contributed by atoms with Crippen LogP contribution in [0.5, 0.6) is 5.75 Å². The Kier molecular flexibility index (Phi) is 17.7. The predicted octanol–water partition coefficient (Wildman–Crippen LogP) is 10.9. The average Bonchev–Trinajstić information content (AvgIpc) is 2.93. The highest BCUT2D eigenvalue weighted by atomic mass is 32.2. The Morgan fingerprint density at radius 3 is 1.86 bits per heavy atom. The van der Waals surface area contributed by atoms with Crippen LogP contribution < -0.4 is 4.74 Å². The van der Waals surface area contributed by atoms with Crippen molar-refractivity contribution in [2.75, 3.05) is 12.4 Å². The number of para-hydroxylation sites is 1. The summed E-state index contributed by atoms with van der Waals surface area (Å²) in [6, 6.07) is 15.9. The molecular weight excluding hydrogens is 472 g/mol. The molecule has 0 aliphatic heterocycles. The second kappa shape index (κ2) is 21.0. The van der Waals surface area contributed by atoms with Crippen LogP contribution in [0.2, 0.25) is 0 Å². The highest BCUT2D eigenvalue weighted by Crippen LogP contribution is 2.22. The molecule has 2 rings (SSSR count). The van der Waals surface area contributed by atoms with Crippen molar-refractivity contribution >= 4 is 23.6 Å². The summed E-state index contributed by atoms with van der Waals surface area (Å²) < 4.78 is 6.07. The molecule has 3 heteroatoms. The molecule has 0 spiro atoms. The average molecular weight is 523 g/mol. The third-order valence-electron chi connectivity index (χ3n) is 6.70. The van der Waals surface area contributed by atoms with Gasteiger partial charge in [0.05, 0.1) is 6.61 Å². The Morgan fingerprint density at radius 2 is 1.27 bits per heavy atom. The number of allylic oxidation sites excluding steroid dienone is 1. The second-order valence-electron chi connectivity index (χ2n) is 10.1. The van der Waals surface area contributed by atoms with Gasteiger partial charge in [0.1, 0.15) is 5.75 Å². The van der Waals surface area contributed by atoms with E-state index in [1.54, 1.807) is 6.08 Å². The highest BCUT2D eigenvalue weighted by Gasteiger charge is 2.05. The number of carbonyl (C=O) groups is 1. The van der Waals surface area contributed by atoms with Crippen molar-refractivity contribution in [3.63, 3.8) is 0 Å². The summed E-state index contributed by atoms with van der Waals surface area (Å²) in [5.74, 6) is 1.98. The zero-order valence-corrected chi connectivity index (χ0v) is 24.3. The highest BCUT2D eigenvalue weighted by molar-refractivity contribution is 7.99. The van der Waals surface area contributed by atoms with Gasteiger partial charge in [-0.2, -0.15) is 0 Å². The maximum absolute atomic E-state index is 12.6. The van der Waals surface area contributed by atoms with Crippen molar-refractivity contribution in [2.24, 2.45) is 0 Å². The van der Waals surface area contributed by atoms with E-state index in [0.29, 0.717) is 0 Å². The van der Waals surface area contributed by atoms with Crippen molar-refractivity contribution in [3.05, 3.63) is 65.7 Å². The minimum absolute atomic E-state index is 0.0221. The lowest BCUT2D eigenvalue weighted by molar-refractivity contribution is 0.104. The van der Waals surface area contributed by atoms with Gasteiger partial charge in [-0.25, -0.2) is 0 Å². The van der Waals surface area contributed by atoms with Gasteiger partial charge in [0.25, 0.3) is 0 Å². The fourth-order valence-electron chi connectivity index (χ4n) is 4.43. The third kappa shape index (κ3) is 14.5. The van der Waals surface area contributed by atoms with Crippen molar-refractivity contribution in [3.8, 4) is 5.75 Å². The molecule has 0 radical (unpaired) electrons. The molecular formula is C34H50O2S. The smallest absolute Gasteiger partial charge is 0.185 e. The molecule has 2 aromatic carbocycles. The van der Waals surface area contributed by atoms with Crippen LogP contribution in [0.4, 0.5) is 0 Å². The van der Waals surface area contributed by atoms with Gasteiger partial charge in [-0.05, 0) is 61.1 Å². The number of hydrogen-bond acceptors (Lipinski definition) is 3. The molecule has 0 heterocycles. The standard InChI is InChI=1S/C34H50O2S/c1-3-5-6-7-8-9-10-11-12-13-14-15-16-19-28-36-34-21-18-17-20-31(34)24-27-33(35)30-22-25-32(26-23-30)37-29-4-2/h17-18,20-27H,3-16,19,28-29H2,1-2H3/b27-24+. The van der Waals surface area contributed by atoms with Crippen LogP contribution in [0.3, 0.4) is 0 Å². The van der Waals surface area contributed by atoms with E-state index in [0.717, 1.165) is 42.1 Å². The van der Waals surface area contributed by atoms with E-state index in [2.05, 4.69) is 13.8 Å². The fraction of sp³-hybridized carbons (Fsp3) is 0.559. The van der Waals surface area contributed by atoms with Gasteiger partial charge in [0.2, 0.25) is 0 Å². The van der Waals surface area contributed by atoms with Crippen LogP contribution >= 0.6 is 11.8 Å². The molecule has 0 aliphatic carbocycles. The predicted molar refractivity (Wildman–Crippen MR) is 163 cm³/mol. The van der Waals surface area contributed by atoms with Crippen LogP contribution in [0.1, 0.15) is 126 Å². The topological polar surface area (TPSA) is 26.3 Å². The first kappa shape index (κ1) is 31.2. The maximum Gasteiger partial charge on any atom is 0.185 e. The van der Waals surface area contributed by atoms with E-state index < -0.39 is 0 Å². The zero-order chi connectivity index (χ0) is 26.4. The molecule has 0 saturated heterocycles. The van der Waals surface area contributed by atoms with Crippen LogP contribution in [0.25, 0.3) is 6.08 Å². The number of ketones is 1. The molecule has 2 aromatic rings. The van der Waals surface area contributed by atoms with Gasteiger partial charge >= 0.3 is 0 Å². The monoisotopic (exact) mass is 522 g/mol. The molecule has 0 unspecified atom stereocenters. The van der Waals surface area contributed by atoms with Gasteiger partial charge in [-0.3, -0.25) is 4.79 Å². The van der Waals surface area contributed by atoms with Crippen LogP contribution in [-0.4, -0.2) is 18.1 Å². The van der Waals surface area contributed by atoms with Crippen molar-refractivity contribution in [1.82, 2.24) is 0 Å². The van der Waals surface area contributed by atoms with Gasteiger partial charge < -0.3 is 4.74 Å². The molecule has 0 saturated carbocycles. The first-order valence-electron chi connectivity index (χ1n) is 14.9. The number of carbonyl (C=O) groups excluding carboxylic acids is 1. The number of benzene rings is 2. The summed E-state index contributed by atoms with van der Waals surface area (Å²) >= 11 is 1.83. The molecule has 0 N–H and O–H groups in total. The number of rotatable bonds is 22. The summed E-state index contributed by atoms with van der Waals surface area (Å²) in [4.78, 5) is 13.8. The first-order valence-corrected chi connectivity index (χ1v) is 15.9. The van der Waals surface area contributed by atoms with E-state index in [1.165, 1.54) is 88.4 Å². The number of hydrogen-bond donors (Lipinski definition) is 0. The Hall–Kier alpha value is -2.00. The fourth-order valence-corrected chi connectivity index (χ4v) is 5.19. The van der Waals surface area contributed by atoms with E-state index in [-0.39, 0.29) is 5.78 Å². The Bertz CT molecular complexity index is 872. The summed E-state index contributed by atoms with van der Waals surface area (Å²) in [6.45, 7) is 5.19. The Labute approximate surface area is 231 Å². The molecule has 2 nitrogen and oxygen atoms in total. The van der Waals surface area contributed by atoms with Crippen molar-refractivity contribution < 1.29 is 9.53 Å². The van der Waals surface area contributed by atoms with E-state index >= 15 is 0 Å². The lowest BCUT2D eigenvalue weighted by Gasteiger charge is -2.09. The molecule has 0 amide bonds. The molecule has 37 heavy (non-hydrogen) atoms. The van der Waals surface area contributed by atoms with Crippen molar-refractivity contribution in [1.29, 1.82) is 0 Å². The normalized spacial score (nSPS) is 11.3. The van der Waals surface area contributed by atoms with Crippen LogP contribution in [0.15, 0.2) is 59.5 Å². The second-order valence-corrected chi connectivity index (χ2v) is 11.2.